The van der Waals surface area contributed by atoms with Crippen molar-refractivity contribution in [3.8, 4) is 0 Å². The Morgan fingerprint density at radius 3 is 2.22 bits per heavy atom. The average molecular weight is 456 g/mol. The van der Waals surface area contributed by atoms with E-state index in [1.54, 1.807) is 0 Å². The minimum Gasteiger partial charge on any atom is -1.00 e. The van der Waals surface area contributed by atoms with Gasteiger partial charge in [-0.2, -0.15) is 0 Å². The van der Waals surface area contributed by atoms with E-state index in [4.69, 9.17) is 4.74 Å². The normalized spacial score (nSPS) is 18.8. The maximum Gasteiger partial charge on any atom is 2.00 e. The standard InChI is InChI=1S/C10H16O2.C7H10O2.C3H5.CH4.BrH.Mg/c1-3-5-8-6-4-7-9(8)10(11)12-2;1-9-7(8)6-4-2-3-5-6;1-3-2;;;/h3,8-9H,1,4-7H2,2H3;4H,2-3,5H2,1H3;3H,1-2H2;1H4;1H;/q;;-1;;;+2/p-1. The van der Waals surface area contributed by atoms with E-state index in [0.29, 0.717) is 5.92 Å². The maximum absolute atomic E-state index is 11.2. The second-order valence-corrected chi connectivity index (χ2v) is 5.75. The van der Waals surface area contributed by atoms with Gasteiger partial charge in [-0.25, -0.2) is 24.4 Å². The molecular weight excluding hydrogens is 420 g/mol. The van der Waals surface area contributed by atoms with Crippen molar-refractivity contribution in [2.24, 2.45) is 11.8 Å². The molecule has 27 heavy (non-hydrogen) atoms. The van der Waals surface area contributed by atoms with Crippen LogP contribution in [-0.4, -0.2) is 49.2 Å². The van der Waals surface area contributed by atoms with E-state index >= 15 is 0 Å². The molecule has 0 aliphatic heterocycles. The monoisotopic (exact) mass is 454 g/mol. The largest absolute Gasteiger partial charge is 2.00 e. The molecule has 0 N–H and O–H groups in total. The molecule has 2 atom stereocenters. The summed E-state index contributed by atoms with van der Waals surface area (Å²) in [5, 5.41) is 0. The Balaban J connectivity index is -0.000000159. The number of carbonyl (C=O) groups excluding carboxylic acids is 2. The van der Waals surface area contributed by atoms with E-state index in [2.05, 4.69) is 24.8 Å². The summed E-state index contributed by atoms with van der Waals surface area (Å²) in [5.41, 5.74) is 0.845. The third kappa shape index (κ3) is 14.0. The minimum atomic E-state index is -0.160. The number of methoxy groups -OCH3 is 2. The maximum atomic E-state index is 11.2. The van der Waals surface area contributed by atoms with Crippen molar-refractivity contribution < 1.29 is 36.0 Å². The molecule has 0 heterocycles. The van der Waals surface area contributed by atoms with E-state index in [1.165, 1.54) is 20.3 Å². The van der Waals surface area contributed by atoms with Gasteiger partial charge >= 0.3 is 35.0 Å². The van der Waals surface area contributed by atoms with Crippen molar-refractivity contribution in [3.05, 3.63) is 43.9 Å². The molecule has 0 bridgehead atoms. The fourth-order valence-electron chi connectivity index (χ4n) is 2.98. The Labute approximate surface area is 192 Å². The van der Waals surface area contributed by atoms with E-state index < -0.39 is 0 Å². The molecular formula is C21H35BrMgO4. The van der Waals surface area contributed by atoms with Gasteiger partial charge in [-0.1, -0.05) is 26.0 Å². The molecule has 0 aromatic heterocycles. The molecule has 2 aliphatic rings. The molecule has 2 aliphatic carbocycles. The Morgan fingerprint density at radius 1 is 1.22 bits per heavy atom. The predicted octanol–water partition coefficient (Wildman–Crippen LogP) is 1.69. The van der Waals surface area contributed by atoms with Gasteiger partial charge in [0.1, 0.15) is 0 Å². The summed E-state index contributed by atoms with van der Waals surface area (Å²) in [6.07, 6.45) is 12.6. The van der Waals surface area contributed by atoms with Crippen LogP contribution in [0, 0.1) is 18.8 Å². The third-order valence-electron chi connectivity index (χ3n) is 4.12. The molecule has 0 aromatic rings. The van der Waals surface area contributed by atoms with Crippen LogP contribution in [0.3, 0.4) is 0 Å². The molecule has 4 nitrogen and oxygen atoms in total. The fourth-order valence-corrected chi connectivity index (χ4v) is 2.98. The number of halogens is 1. The van der Waals surface area contributed by atoms with Gasteiger partial charge in [-0.3, -0.25) is 4.79 Å². The number of rotatable bonds is 4. The van der Waals surface area contributed by atoms with Crippen LogP contribution in [0.5, 0.6) is 0 Å². The molecule has 1 saturated carbocycles. The van der Waals surface area contributed by atoms with Gasteiger partial charge in [0.15, 0.2) is 0 Å². The first-order valence-electron chi connectivity index (χ1n) is 8.41. The number of esters is 2. The summed E-state index contributed by atoms with van der Waals surface area (Å²) < 4.78 is 9.26. The number of carbonyl (C=O) groups is 2. The van der Waals surface area contributed by atoms with E-state index in [-0.39, 0.29) is 65.3 Å². The Morgan fingerprint density at radius 2 is 1.81 bits per heavy atom. The molecule has 1 fully saturated rings. The summed E-state index contributed by atoms with van der Waals surface area (Å²) in [5.74, 6) is 0.412. The SMILES string of the molecule is C.C=CCC1CCCC1C(=O)OC.C=C[CH2-].COC(=O)C1=CCCC1.[Br-].[Mg+2]. The molecule has 0 saturated heterocycles. The molecule has 2 rings (SSSR count). The van der Waals surface area contributed by atoms with Crippen LogP contribution < -0.4 is 17.0 Å². The van der Waals surface area contributed by atoms with Crippen LogP contribution in [0.25, 0.3) is 0 Å². The summed E-state index contributed by atoms with van der Waals surface area (Å²) in [4.78, 5) is 22.0. The number of ether oxygens (including phenoxy) is 2. The van der Waals surface area contributed by atoms with E-state index in [0.717, 1.165) is 50.5 Å². The molecule has 0 aromatic carbocycles. The average Bonchev–Trinajstić information content (AvgIpc) is 3.27. The Hall–Kier alpha value is -0.724. The molecule has 0 radical (unpaired) electrons. The van der Waals surface area contributed by atoms with Crippen LogP contribution in [0.4, 0.5) is 0 Å². The van der Waals surface area contributed by atoms with Crippen molar-refractivity contribution in [2.75, 3.05) is 14.2 Å². The van der Waals surface area contributed by atoms with Crippen molar-refractivity contribution in [1.29, 1.82) is 0 Å². The third-order valence-corrected chi connectivity index (χ3v) is 4.12. The Kier molecular flexibility index (Phi) is 27.0. The predicted molar refractivity (Wildman–Crippen MR) is 110 cm³/mol. The zero-order chi connectivity index (χ0) is 18.4. The van der Waals surface area contributed by atoms with Crippen molar-refractivity contribution in [3.63, 3.8) is 0 Å². The number of hydrogen-bond acceptors (Lipinski definition) is 4. The first kappa shape index (κ1) is 33.8. The van der Waals surface area contributed by atoms with Gasteiger partial charge in [-0.05, 0) is 44.4 Å². The second kappa shape index (κ2) is 21.6. The van der Waals surface area contributed by atoms with Crippen LogP contribution in [0.15, 0.2) is 37.0 Å². The van der Waals surface area contributed by atoms with Gasteiger partial charge in [0.05, 0.1) is 20.1 Å². The molecule has 6 heteroatoms. The second-order valence-electron chi connectivity index (χ2n) is 5.75. The van der Waals surface area contributed by atoms with Gasteiger partial charge in [0, 0.05) is 5.57 Å². The molecule has 0 amide bonds. The van der Waals surface area contributed by atoms with E-state index in [1.807, 2.05) is 12.2 Å². The quantitative estimate of drug-likeness (QED) is 0.280. The van der Waals surface area contributed by atoms with Gasteiger partial charge in [0.2, 0.25) is 0 Å². The zero-order valence-corrected chi connectivity index (χ0v) is 19.2. The summed E-state index contributed by atoms with van der Waals surface area (Å²) >= 11 is 0. The summed E-state index contributed by atoms with van der Waals surface area (Å²) in [7, 11) is 2.88. The first-order chi connectivity index (χ1) is 11.5. The zero-order valence-electron chi connectivity index (χ0n) is 16.2. The molecule has 152 valence electrons. The fraction of sp³-hybridized carbons (Fsp3) is 0.571. The van der Waals surface area contributed by atoms with Crippen molar-refractivity contribution in [2.45, 2.75) is 52.4 Å². The smallest absolute Gasteiger partial charge is 1.00 e. The van der Waals surface area contributed by atoms with Crippen molar-refractivity contribution in [1.82, 2.24) is 0 Å². The molecule has 2 unspecified atom stereocenters. The number of allylic oxidation sites excluding steroid dienone is 3. The Bertz CT molecular complexity index is 449. The van der Waals surface area contributed by atoms with Crippen LogP contribution in [0.1, 0.15) is 52.4 Å². The van der Waals surface area contributed by atoms with Gasteiger partial charge in [0.25, 0.3) is 0 Å². The summed E-state index contributed by atoms with van der Waals surface area (Å²) in [6.45, 7) is 10.2. The first-order valence-corrected chi connectivity index (χ1v) is 8.41. The van der Waals surface area contributed by atoms with Crippen molar-refractivity contribution >= 4 is 35.0 Å². The van der Waals surface area contributed by atoms with Crippen LogP contribution in [0.2, 0.25) is 0 Å². The topological polar surface area (TPSA) is 52.6 Å². The van der Waals surface area contributed by atoms with Gasteiger partial charge < -0.3 is 26.5 Å². The van der Waals surface area contributed by atoms with Crippen LogP contribution >= 0.6 is 0 Å². The van der Waals surface area contributed by atoms with E-state index in [9.17, 15) is 9.59 Å². The summed E-state index contributed by atoms with van der Waals surface area (Å²) in [6, 6.07) is 0. The minimum absolute atomic E-state index is 0. The van der Waals surface area contributed by atoms with Gasteiger partial charge in [-0.15, -0.1) is 6.58 Å². The number of hydrogen-bond donors (Lipinski definition) is 0. The molecule has 0 spiro atoms. The van der Waals surface area contributed by atoms with Crippen LogP contribution in [-0.2, 0) is 19.1 Å².